The molecule has 7 nitrogen and oxygen atoms in total. The highest BCUT2D eigenvalue weighted by Gasteiger charge is 2.10. The third-order valence-corrected chi connectivity index (χ3v) is 6.15. The number of hydrogen-bond donors (Lipinski definition) is 0. The van der Waals surface area contributed by atoms with E-state index in [0.717, 1.165) is 51.0 Å². The van der Waals surface area contributed by atoms with Crippen molar-refractivity contribution in [3.05, 3.63) is 139 Å². The molecule has 40 heavy (non-hydrogen) atoms. The quantitative estimate of drug-likeness (QED) is 0.206. The molecule has 6 aromatic rings. The van der Waals surface area contributed by atoms with E-state index in [2.05, 4.69) is 19.9 Å². The third kappa shape index (κ3) is 6.16. The minimum atomic E-state index is 0.409. The Hall–Kier alpha value is -5.43. The fraction of sp³-hybridized carbons (Fsp3) is 0.0606. The minimum Gasteiger partial charge on any atom is -0.489 e. The summed E-state index contributed by atoms with van der Waals surface area (Å²) >= 11 is 0. The molecule has 0 atom stereocenters. The van der Waals surface area contributed by atoms with Crippen LogP contribution in [0.2, 0.25) is 0 Å². The topological polar surface area (TPSA) is 82.9 Å². The second kappa shape index (κ2) is 12.0. The summed E-state index contributed by atoms with van der Waals surface area (Å²) in [6.07, 6.45) is 7.00. The summed E-state index contributed by atoms with van der Waals surface area (Å²) in [7, 11) is 0. The number of aromatic nitrogens is 5. The second-order valence-corrected chi connectivity index (χ2v) is 8.99. The summed E-state index contributed by atoms with van der Waals surface area (Å²) in [5.41, 5.74) is 6.69. The first-order valence-corrected chi connectivity index (χ1v) is 12.9. The van der Waals surface area contributed by atoms with Crippen LogP contribution in [-0.2, 0) is 13.2 Å². The lowest BCUT2D eigenvalue weighted by molar-refractivity contribution is 0.302. The van der Waals surface area contributed by atoms with E-state index in [1.807, 2.05) is 103 Å². The lowest BCUT2D eigenvalue weighted by Crippen LogP contribution is -2.00. The van der Waals surface area contributed by atoms with E-state index < -0.39 is 0 Å². The van der Waals surface area contributed by atoms with Gasteiger partial charge in [-0.3, -0.25) is 19.9 Å². The molecule has 0 aliphatic carbocycles. The molecular weight excluding hydrogens is 498 g/mol. The van der Waals surface area contributed by atoms with Crippen molar-refractivity contribution in [1.29, 1.82) is 0 Å². The molecule has 0 N–H and O–H groups in total. The summed E-state index contributed by atoms with van der Waals surface area (Å²) in [5.74, 6) is 1.44. The zero-order valence-electron chi connectivity index (χ0n) is 21.6. The van der Waals surface area contributed by atoms with Crippen molar-refractivity contribution in [1.82, 2.24) is 24.9 Å². The van der Waals surface area contributed by atoms with Crippen LogP contribution in [-0.4, -0.2) is 24.9 Å². The number of pyridine rings is 5. The Morgan fingerprint density at radius 1 is 0.400 bits per heavy atom. The van der Waals surface area contributed by atoms with Crippen LogP contribution in [0.4, 0.5) is 0 Å². The molecule has 6 rings (SSSR count). The predicted octanol–water partition coefficient (Wildman–Crippen LogP) is 6.82. The Kier molecular flexibility index (Phi) is 7.44. The van der Waals surface area contributed by atoms with Crippen molar-refractivity contribution in [3.63, 3.8) is 0 Å². The van der Waals surface area contributed by atoms with Crippen molar-refractivity contribution < 1.29 is 9.47 Å². The van der Waals surface area contributed by atoms with E-state index in [0.29, 0.717) is 19.0 Å². The van der Waals surface area contributed by atoms with E-state index in [-0.39, 0.29) is 0 Å². The Morgan fingerprint density at radius 2 is 0.850 bits per heavy atom. The summed E-state index contributed by atoms with van der Waals surface area (Å²) in [4.78, 5) is 22.5. The number of ether oxygens (including phenoxy) is 2. The Balaban J connectivity index is 1.12. The van der Waals surface area contributed by atoms with Crippen LogP contribution < -0.4 is 9.47 Å². The maximum Gasteiger partial charge on any atom is 0.124 e. The normalized spacial score (nSPS) is 10.7. The van der Waals surface area contributed by atoms with Crippen LogP contribution in [0.15, 0.2) is 128 Å². The molecule has 0 aliphatic heterocycles. The molecule has 0 aliphatic rings. The van der Waals surface area contributed by atoms with E-state index in [1.54, 1.807) is 24.8 Å². The SMILES string of the molecule is c1ccc(-c2cc(OCc3ccc(COc4cc(-c5ccccn5)nc(-c5ccccn5)c4)cc3)ccn2)nc1. The van der Waals surface area contributed by atoms with Crippen molar-refractivity contribution in [2.75, 3.05) is 0 Å². The van der Waals surface area contributed by atoms with Crippen molar-refractivity contribution in [3.8, 4) is 45.7 Å². The summed E-state index contributed by atoms with van der Waals surface area (Å²) < 4.78 is 12.2. The van der Waals surface area contributed by atoms with Gasteiger partial charge in [-0.1, -0.05) is 42.5 Å². The van der Waals surface area contributed by atoms with Crippen molar-refractivity contribution >= 4 is 0 Å². The second-order valence-electron chi connectivity index (χ2n) is 8.99. The molecule has 5 heterocycles. The van der Waals surface area contributed by atoms with Gasteiger partial charge in [0.1, 0.15) is 24.7 Å². The van der Waals surface area contributed by atoms with E-state index in [1.165, 1.54) is 0 Å². The lowest BCUT2D eigenvalue weighted by atomic mass is 10.1. The maximum absolute atomic E-state index is 6.20. The maximum atomic E-state index is 6.20. The first-order chi connectivity index (χ1) is 19.8. The molecule has 5 aromatic heterocycles. The van der Waals surface area contributed by atoms with Crippen LogP contribution in [0, 0.1) is 0 Å². The highest BCUT2D eigenvalue weighted by molar-refractivity contribution is 5.64. The number of benzene rings is 1. The average Bonchev–Trinajstić information content (AvgIpc) is 3.04. The van der Waals surface area contributed by atoms with Gasteiger partial charge in [0.25, 0.3) is 0 Å². The van der Waals surface area contributed by atoms with Gasteiger partial charge >= 0.3 is 0 Å². The number of hydrogen-bond acceptors (Lipinski definition) is 7. The van der Waals surface area contributed by atoms with Crippen LogP contribution in [0.1, 0.15) is 11.1 Å². The predicted molar refractivity (Wildman–Crippen MR) is 153 cm³/mol. The lowest BCUT2D eigenvalue weighted by Gasteiger charge is -2.11. The van der Waals surface area contributed by atoms with Gasteiger partial charge in [0.05, 0.1) is 34.2 Å². The van der Waals surface area contributed by atoms with Gasteiger partial charge in [0.15, 0.2) is 0 Å². The Morgan fingerprint density at radius 3 is 1.35 bits per heavy atom. The van der Waals surface area contributed by atoms with E-state index in [9.17, 15) is 0 Å². The summed E-state index contributed by atoms with van der Waals surface area (Å²) in [5, 5.41) is 0. The highest BCUT2D eigenvalue weighted by atomic mass is 16.5. The zero-order valence-corrected chi connectivity index (χ0v) is 21.6. The number of nitrogens with zero attached hydrogens (tertiary/aromatic N) is 5. The van der Waals surface area contributed by atoms with Gasteiger partial charge in [0.2, 0.25) is 0 Å². The van der Waals surface area contributed by atoms with Gasteiger partial charge in [-0.25, -0.2) is 4.98 Å². The van der Waals surface area contributed by atoms with Crippen LogP contribution in [0.25, 0.3) is 34.2 Å². The first kappa shape index (κ1) is 24.9. The molecule has 7 heteroatoms. The van der Waals surface area contributed by atoms with Crippen molar-refractivity contribution in [2.24, 2.45) is 0 Å². The molecular formula is C33H25N5O2. The van der Waals surface area contributed by atoms with E-state index >= 15 is 0 Å². The van der Waals surface area contributed by atoms with Gasteiger partial charge in [-0.05, 0) is 53.6 Å². The standard InChI is InChI=1S/C33H25N5O2/c1-4-15-34-28(7-1)31-19-26(14-18-37-31)39-22-24-10-12-25(13-11-24)23-40-27-20-32(29-8-2-5-16-35-29)38-33(21-27)30-9-3-6-17-36-30/h1-21H,22-23H2. The fourth-order valence-electron chi connectivity index (χ4n) is 4.10. The Bertz CT molecular complexity index is 1620. The molecule has 194 valence electrons. The minimum absolute atomic E-state index is 0.409. The third-order valence-electron chi connectivity index (χ3n) is 6.15. The van der Waals surface area contributed by atoms with Gasteiger partial charge in [-0.15, -0.1) is 0 Å². The van der Waals surface area contributed by atoms with Gasteiger partial charge < -0.3 is 9.47 Å². The summed E-state index contributed by atoms with van der Waals surface area (Å²) in [6, 6.07) is 33.0. The molecule has 0 saturated heterocycles. The molecule has 0 fully saturated rings. The molecule has 0 amide bonds. The number of rotatable bonds is 9. The zero-order chi connectivity index (χ0) is 27.0. The molecule has 0 saturated carbocycles. The molecule has 1 aromatic carbocycles. The average molecular weight is 524 g/mol. The van der Waals surface area contributed by atoms with E-state index in [4.69, 9.17) is 14.5 Å². The van der Waals surface area contributed by atoms with Crippen LogP contribution in [0.5, 0.6) is 11.5 Å². The molecule has 0 spiro atoms. The largest absolute Gasteiger partial charge is 0.489 e. The van der Waals surface area contributed by atoms with Crippen LogP contribution >= 0.6 is 0 Å². The van der Waals surface area contributed by atoms with Crippen LogP contribution in [0.3, 0.4) is 0 Å². The summed E-state index contributed by atoms with van der Waals surface area (Å²) in [6.45, 7) is 0.851. The highest BCUT2D eigenvalue weighted by Crippen LogP contribution is 2.27. The molecule has 0 unspecified atom stereocenters. The molecule has 0 bridgehead atoms. The monoisotopic (exact) mass is 523 g/mol. The fourth-order valence-corrected chi connectivity index (χ4v) is 4.10. The van der Waals surface area contributed by atoms with Gasteiger partial charge in [0, 0.05) is 43.0 Å². The molecule has 0 radical (unpaired) electrons. The first-order valence-electron chi connectivity index (χ1n) is 12.9. The van der Waals surface area contributed by atoms with Gasteiger partial charge in [-0.2, -0.15) is 0 Å². The Labute approximate surface area is 232 Å². The smallest absolute Gasteiger partial charge is 0.124 e. The van der Waals surface area contributed by atoms with Crippen molar-refractivity contribution in [2.45, 2.75) is 13.2 Å².